The lowest BCUT2D eigenvalue weighted by Crippen LogP contribution is -2.17. The van der Waals surface area contributed by atoms with Crippen LogP contribution in [-0.2, 0) is 17.8 Å². The molecule has 0 aliphatic heterocycles. The number of allylic oxidation sites excluding steroid dienone is 1. The quantitative estimate of drug-likeness (QED) is 0.484. The molecule has 0 unspecified atom stereocenters. The molecule has 0 aromatic heterocycles. The van der Waals surface area contributed by atoms with Crippen LogP contribution in [0.5, 0.6) is 0 Å². The van der Waals surface area contributed by atoms with Crippen LogP contribution >= 0.6 is 0 Å². The zero-order valence-corrected chi connectivity index (χ0v) is 12.2. The van der Waals surface area contributed by atoms with Crippen molar-refractivity contribution in [3.05, 3.63) is 48.0 Å². The Morgan fingerprint density at radius 1 is 1.16 bits per heavy atom. The molecule has 0 aliphatic rings. The lowest BCUT2D eigenvalue weighted by atomic mass is 10.1. The molecule has 0 radical (unpaired) electrons. The summed E-state index contributed by atoms with van der Waals surface area (Å²) in [7, 11) is 0. The van der Waals surface area contributed by atoms with E-state index >= 15 is 0 Å². The van der Waals surface area contributed by atoms with Crippen LogP contribution in [0.4, 0.5) is 0 Å². The van der Waals surface area contributed by atoms with Crippen LogP contribution in [0, 0.1) is 0 Å². The minimum Gasteiger partial charge on any atom is -0.377 e. The second-order valence-electron chi connectivity index (χ2n) is 4.80. The zero-order valence-electron chi connectivity index (χ0n) is 12.2. The van der Waals surface area contributed by atoms with Crippen molar-refractivity contribution in [2.45, 2.75) is 39.2 Å². The van der Waals surface area contributed by atoms with Crippen LogP contribution in [0.2, 0.25) is 0 Å². The Hall–Kier alpha value is -1.12. The molecule has 1 N–H and O–H groups in total. The highest BCUT2D eigenvalue weighted by Crippen LogP contribution is 2.06. The van der Waals surface area contributed by atoms with Gasteiger partial charge in [0.25, 0.3) is 0 Å². The average Bonchev–Trinajstić information content (AvgIpc) is 2.45. The lowest BCUT2D eigenvalue weighted by Gasteiger charge is -2.06. The van der Waals surface area contributed by atoms with Crippen LogP contribution in [0.25, 0.3) is 0 Å². The Morgan fingerprint density at radius 2 is 1.89 bits per heavy atom. The van der Waals surface area contributed by atoms with Crippen LogP contribution < -0.4 is 5.32 Å². The van der Waals surface area contributed by atoms with E-state index in [2.05, 4.69) is 43.1 Å². The maximum atomic E-state index is 5.61. The molecule has 1 aromatic rings. The van der Waals surface area contributed by atoms with Gasteiger partial charge in [-0.1, -0.05) is 37.3 Å². The van der Waals surface area contributed by atoms with Gasteiger partial charge >= 0.3 is 0 Å². The summed E-state index contributed by atoms with van der Waals surface area (Å²) < 4.78 is 5.61. The molecule has 1 rings (SSSR count). The van der Waals surface area contributed by atoms with E-state index in [1.54, 1.807) is 0 Å². The van der Waals surface area contributed by atoms with Gasteiger partial charge < -0.3 is 10.1 Å². The van der Waals surface area contributed by atoms with Crippen LogP contribution in [0.3, 0.4) is 0 Å². The highest BCUT2D eigenvalue weighted by molar-refractivity contribution is 5.22. The first-order chi connectivity index (χ1) is 9.36. The van der Waals surface area contributed by atoms with Crippen molar-refractivity contribution in [2.75, 3.05) is 19.7 Å². The van der Waals surface area contributed by atoms with Crippen molar-refractivity contribution < 1.29 is 4.74 Å². The van der Waals surface area contributed by atoms with E-state index in [0.717, 1.165) is 39.0 Å². The van der Waals surface area contributed by atoms with Gasteiger partial charge in [0.05, 0.1) is 6.61 Å². The molecule has 0 bridgehead atoms. The Bertz CT molecular complexity index is 332. The van der Waals surface area contributed by atoms with Gasteiger partial charge in [-0.3, -0.25) is 0 Å². The first-order valence-electron chi connectivity index (χ1n) is 7.34. The number of nitrogens with one attached hydrogen (secondary N) is 1. The molecular weight excluding hydrogens is 234 g/mol. The van der Waals surface area contributed by atoms with Crippen molar-refractivity contribution in [2.24, 2.45) is 0 Å². The molecule has 0 saturated heterocycles. The summed E-state index contributed by atoms with van der Waals surface area (Å²) in [5, 5.41) is 3.42. The predicted octanol–water partition coefficient (Wildman–Crippen LogP) is 3.71. The van der Waals surface area contributed by atoms with E-state index in [9.17, 15) is 0 Å². The highest BCUT2D eigenvalue weighted by atomic mass is 16.5. The number of ether oxygens (including phenoxy) is 1. The van der Waals surface area contributed by atoms with Gasteiger partial charge in [0.2, 0.25) is 0 Å². The van der Waals surface area contributed by atoms with Crippen molar-refractivity contribution in [3.8, 4) is 0 Å². The van der Waals surface area contributed by atoms with Crippen molar-refractivity contribution in [1.29, 1.82) is 0 Å². The van der Waals surface area contributed by atoms with E-state index in [0.29, 0.717) is 6.61 Å². The van der Waals surface area contributed by atoms with E-state index in [1.165, 1.54) is 17.5 Å². The molecule has 0 aliphatic carbocycles. The number of unbranched alkanes of at least 4 members (excludes halogenated alkanes) is 1. The van der Waals surface area contributed by atoms with Gasteiger partial charge in [-0.25, -0.2) is 0 Å². The van der Waals surface area contributed by atoms with Crippen molar-refractivity contribution in [1.82, 2.24) is 5.32 Å². The average molecular weight is 261 g/mol. The Balaban J connectivity index is 2.17. The van der Waals surface area contributed by atoms with Crippen LogP contribution in [0.1, 0.15) is 37.3 Å². The third-order valence-corrected chi connectivity index (χ3v) is 3.01. The summed E-state index contributed by atoms with van der Waals surface area (Å²) >= 11 is 0. The maximum absolute atomic E-state index is 5.61. The first kappa shape index (κ1) is 15.9. The Kier molecular flexibility index (Phi) is 9.03. The number of hydrogen-bond donors (Lipinski definition) is 1. The summed E-state index contributed by atoms with van der Waals surface area (Å²) in [5.74, 6) is 0. The normalized spacial score (nSPS) is 10.6. The first-order valence-corrected chi connectivity index (χ1v) is 7.34. The number of hydrogen-bond acceptors (Lipinski definition) is 2. The van der Waals surface area contributed by atoms with Gasteiger partial charge in [0, 0.05) is 6.61 Å². The van der Waals surface area contributed by atoms with Gasteiger partial charge in [-0.2, -0.15) is 0 Å². The summed E-state index contributed by atoms with van der Waals surface area (Å²) in [5.41, 5.74) is 2.64. The fraction of sp³-hybridized carbons (Fsp3) is 0.529. The maximum Gasteiger partial charge on any atom is 0.0716 e. The standard InChI is InChI=1S/C17H27NO/c1-3-5-6-14-19-15-17-9-7-16(8-10-17)11-13-18-12-4-2/h3,7-10,18H,1,4-6,11-15H2,2H3. The van der Waals surface area contributed by atoms with E-state index in [1.807, 2.05) is 6.08 Å². The Labute approximate surface area is 117 Å². The predicted molar refractivity (Wildman–Crippen MR) is 82.4 cm³/mol. The molecule has 0 spiro atoms. The molecule has 19 heavy (non-hydrogen) atoms. The third-order valence-electron chi connectivity index (χ3n) is 3.01. The van der Waals surface area contributed by atoms with Crippen LogP contribution in [0.15, 0.2) is 36.9 Å². The molecule has 1 aromatic carbocycles. The highest BCUT2D eigenvalue weighted by Gasteiger charge is 1.96. The van der Waals surface area contributed by atoms with Gasteiger partial charge in [0.1, 0.15) is 0 Å². The van der Waals surface area contributed by atoms with Gasteiger partial charge in [-0.05, 0) is 49.9 Å². The second-order valence-corrected chi connectivity index (χ2v) is 4.80. The molecule has 106 valence electrons. The van der Waals surface area contributed by atoms with Crippen LogP contribution in [-0.4, -0.2) is 19.7 Å². The largest absolute Gasteiger partial charge is 0.377 e. The fourth-order valence-corrected chi connectivity index (χ4v) is 1.86. The van der Waals surface area contributed by atoms with Gasteiger partial charge in [0.15, 0.2) is 0 Å². The Morgan fingerprint density at radius 3 is 2.58 bits per heavy atom. The third kappa shape index (κ3) is 7.81. The van der Waals surface area contributed by atoms with E-state index < -0.39 is 0 Å². The SMILES string of the molecule is C=CCCCOCc1ccc(CCNCCC)cc1. The summed E-state index contributed by atoms with van der Waals surface area (Å²) in [6.07, 6.45) is 6.32. The summed E-state index contributed by atoms with van der Waals surface area (Å²) in [4.78, 5) is 0. The summed E-state index contributed by atoms with van der Waals surface area (Å²) in [6, 6.07) is 8.75. The molecule has 2 heteroatoms. The van der Waals surface area contributed by atoms with Gasteiger partial charge in [-0.15, -0.1) is 6.58 Å². The smallest absolute Gasteiger partial charge is 0.0716 e. The molecule has 0 fully saturated rings. The fourth-order valence-electron chi connectivity index (χ4n) is 1.86. The number of rotatable bonds is 11. The molecular formula is C17H27NO. The van der Waals surface area contributed by atoms with Crippen molar-refractivity contribution in [3.63, 3.8) is 0 Å². The lowest BCUT2D eigenvalue weighted by molar-refractivity contribution is 0.119. The molecule has 0 amide bonds. The molecule has 0 heterocycles. The zero-order chi connectivity index (χ0) is 13.8. The minimum absolute atomic E-state index is 0.714. The van der Waals surface area contributed by atoms with Crippen molar-refractivity contribution >= 4 is 0 Å². The monoisotopic (exact) mass is 261 g/mol. The van der Waals surface area contributed by atoms with E-state index in [4.69, 9.17) is 4.74 Å². The van der Waals surface area contributed by atoms with E-state index in [-0.39, 0.29) is 0 Å². The minimum atomic E-state index is 0.714. The topological polar surface area (TPSA) is 21.3 Å². The number of benzene rings is 1. The second kappa shape index (κ2) is 10.8. The molecule has 0 saturated carbocycles. The molecule has 2 nitrogen and oxygen atoms in total. The summed E-state index contributed by atoms with van der Waals surface area (Å²) in [6.45, 7) is 9.59. The molecule has 0 atom stereocenters.